The Bertz CT molecular complexity index is 353. The molecule has 3 unspecified atom stereocenters. The Morgan fingerprint density at radius 3 is 2.75 bits per heavy atom. The highest BCUT2D eigenvalue weighted by atomic mass is 16.5. The third kappa shape index (κ3) is 3.49. The first-order chi connectivity index (χ1) is 9.63. The summed E-state index contributed by atoms with van der Waals surface area (Å²) in [5, 5.41) is 9.17. The zero-order valence-electron chi connectivity index (χ0n) is 11.9. The van der Waals surface area contributed by atoms with Crippen LogP contribution in [0.3, 0.4) is 0 Å². The first-order valence-electron chi connectivity index (χ1n) is 7.35. The minimum absolute atomic E-state index is 0.00440. The van der Waals surface area contributed by atoms with Crippen molar-refractivity contribution in [2.75, 3.05) is 26.4 Å². The maximum atomic E-state index is 12.3. The zero-order valence-corrected chi connectivity index (χ0v) is 11.9. The Kier molecular flexibility index (Phi) is 5.37. The summed E-state index contributed by atoms with van der Waals surface area (Å²) in [6.45, 7) is 3.68. The van der Waals surface area contributed by atoms with E-state index in [1.54, 1.807) is 4.90 Å². The van der Waals surface area contributed by atoms with Gasteiger partial charge < -0.3 is 19.5 Å². The van der Waals surface area contributed by atoms with E-state index in [-0.39, 0.29) is 24.7 Å². The van der Waals surface area contributed by atoms with Crippen LogP contribution in [0.25, 0.3) is 0 Å². The number of hydrogen-bond acceptors (Lipinski definition) is 4. The second kappa shape index (κ2) is 7.04. The predicted molar refractivity (Wildman–Crippen MR) is 71.3 cm³/mol. The Morgan fingerprint density at radius 2 is 2.15 bits per heavy atom. The molecule has 1 amide bonds. The average Bonchev–Trinajstić information content (AvgIpc) is 3.08. The minimum Gasteiger partial charge on any atom is -0.481 e. The molecule has 6 heteroatoms. The van der Waals surface area contributed by atoms with Gasteiger partial charge in [-0.3, -0.25) is 9.59 Å². The molecule has 0 aromatic carbocycles. The van der Waals surface area contributed by atoms with E-state index >= 15 is 0 Å². The SMILES string of the molecule is CCN(C(=O)CCC1CCCO1)C1COCC1C(=O)O. The van der Waals surface area contributed by atoms with Crippen molar-refractivity contribution in [2.24, 2.45) is 5.92 Å². The molecule has 0 aromatic heterocycles. The molecule has 0 saturated carbocycles. The summed E-state index contributed by atoms with van der Waals surface area (Å²) in [4.78, 5) is 25.1. The Balaban J connectivity index is 1.89. The second-order valence-corrected chi connectivity index (χ2v) is 5.40. The normalized spacial score (nSPS) is 29.6. The summed E-state index contributed by atoms with van der Waals surface area (Å²) in [6, 6.07) is -0.338. The van der Waals surface area contributed by atoms with Crippen LogP contribution in [0.2, 0.25) is 0 Å². The molecule has 2 saturated heterocycles. The van der Waals surface area contributed by atoms with E-state index in [1.165, 1.54) is 0 Å². The van der Waals surface area contributed by atoms with Crippen molar-refractivity contribution in [3.63, 3.8) is 0 Å². The molecule has 6 nitrogen and oxygen atoms in total. The van der Waals surface area contributed by atoms with Crippen molar-refractivity contribution in [1.82, 2.24) is 4.90 Å². The van der Waals surface area contributed by atoms with E-state index in [1.807, 2.05) is 6.92 Å². The average molecular weight is 285 g/mol. The lowest BCUT2D eigenvalue weighted by Crippen LogP contribution is -2.46. The summed E-state index contributed by atoms with van der Waals surface area (Å²) in [5.41, 5.74) is 0. The van der Waals surface area contributed by atoms with Crippen LogP contribution in [0, 0.1) is 5.92 Å². The van der Waals surface area contributed by atoms with Crippen molar-refractivity contribution in [2.45, 2.75) is 44.8 Å². The lowest BCUT2D eigenvalue weighted by atomic mass is 10.0. The van der Waals surface area contributed by atoms with E-state index in [4.69, 9.17) is 9.47 Å². The van der Waals surface area contributed by atoms with Gasteiger partial charge in [0, 0.05) is 19.6 Å². The predicted octanol–water partition coefficient (Wildman–Crippen LogP) is 0.894. The van der Waals surface area contributed by atoms with E-state index < -0.39 is 11.9 Å². The molecule has 2 heterocycles. The number of ether oxygens (including phenoxy) is 2. The van der Waals surface area contributed by atoms with Gasteiger partial charge >= 0.3 is 5.97 Å². The fourth-order valence-corrected chi connectivity index (χ4v) is 2.98. The number of carbonyl (C=O) groups is 2. The smallest absolute Gasteiger partial charge is 0.311 e. The molecule has 2 rings (SSSR count). The molecule has 2 fully saturated rings. The largest absolute Gasteiger partial charge is 0.481 e. The molecule has 0 radical (unpaired) electrons. The highest BCUT2D eigenvalue weighted by molar-refractivity contribution is 5.78. The highest BCUT2D eigenvalue weighted by Gasteiger charge is 2.39. The van der Waals surface area contributed by atoms with Gasteiger partial charge in [-0.05, 0) is 26.2 Å². The van der Waals surface area contributed by atoms with E-state index in [9.17, 15) is 14.7 Å². The van der Waals surface area contributed by atoms with Gasteiger partial charge in [0.2, 0.25) is 5.91 Å². The molecular formula is C14H23NO5. The van der Waals surface area contributed by atoms with Crippen molar-refractivity contribution < 1.29 is 24.2 Å². The minimum atomic E-state index is -0.891. The first kappa shape index (κ1) is 15.3. The Hall–Kier alpha value is -1.14. The maximum absolute atomic E-state index is 12.3. The number of amides is 1. The summed E-state index contributed by atoms with van der Waals surface area (Å²) in [6.07, 6.45) is 3.41. The number of carboxylic acid groups (broad SMARTS) is 1. The molecule has 0 bridgehead atoms. The Labute approximate surface area is 119 Å². The number of carbonyl (C=O) groups excluding carboxylic acids is 1. The van der Waals surface area contributed by atoms with Crippen molar-refractivity contribution in [1.29, 1.82) is 0 Å². The van der Waals surface area contributed by atoms with Crippen LogP contribution in [-0.4, -0.2) is 60.4 Å². The van der Waals surface area contributed by atoms with Crippen molar-refractivity contribution in [3.8, 4) is 0 Å². The molecule has 0 spiro atoms. The summed E-state index contributed by atoms with van der Waals surface area (Å²) >= 11 is 0. The van der Waals surface area contributed by atoms with Crippen LogP contribution in [0.5, 0.6) is 0 Å². The van der Waals surface area contributed by atoms with Crippen LogP contribution in [0.15, 0.2) is 0 Å². The topological polar surface area (TPSA) is 76.1 Å². The van der Waals surface area contributed by atoms with Gasteiger partial charge in [0.05, 0.1) is 25.4 Å². The number of likely N-dealkylation sites (N-methyl/N-ethyl adjacent to an activating group) is 1. The van der Waals surface area contributed by atoms with Crippen molar-refractivity contribution in [3.05, 3.63) is 0 Å². The summed E-state index contributed by atoms with van der Waals surface area (Å²) in [5.74, 6) is -1.50. The number of aliphatic carboxylic acids is 1. The standard InChI is InChI=1S/C14H23NO5/c1-2-15(12-9-19-8-11(12)14(17)18)13(16)6-5-10-4-3-7-20-10/h10-12H,2-9H2,1H3,(H,17,18). The van der Waals surface area contributed by atoms with Gasteiger partial charge in [-0.15, -0.1) is 0 Å². The number of rotatable bonds is 6. The van der Waals surface area contributed by atoms with Gasteiger partial charge in [0.25, 0.3) is 0 Å². The highest BCUT2D eigenvalue weighted by Crippen LogP contribution is 2.22. The molecule has 20 heavy (non-hydrogen) atoms. The lowest BCUT2D eigenvalue weighted by Gasteiger charge is -2.29. The van der Waals surface area contributed by atoms with Gasteiger partial charge in [-0.25, -0.2) is 0 Å². The third-order valence-corrected chi connectivity index (χ3v) is 4.13. The third-order valence-electron chi connectivity index (χ3n) is 4.13. The molecule has 1 N–H and O–H groups in total. The number of carboxylic acids is 1. The van der Waals surface area contributed by atoms with Crippen molar-refractivity contribution >= 4 is 11.9 Å². The quantitative estimate of drug-likeness (QED) is 0.784. The van der Waals surface area contributed by atoms with Crippen LogP contribution < -0.4 is 0 Å². The molecule has 114 valence electrons. The number of hydrogen-bond donors (Lipinski definition) is 1. The maximum Gasteiger partial charge on any atom is 0.311 e. The summed E-state index contributed by atoms with van der Waals surface area (Å²) in [7, 11) is 0. The van der Waals surface area contributed by atoms with Crippen LogP contribution in [0.4, 0.5) is 0 Å². The molecule has 0 aliphatic carbocycles. The fraction of sp³-hybridized carbons (Fsp3) is 0.857. The molecular weight excluding hydrogens is 262 g/mol. The molecule has 2 aliphatic heterocycles. The van der Waals surface area contributed by atoms with Gasteiger partial charge in [-0.2, -0.15) is 0 Å². The van der Waals surface area contributed by atoms with E-state index in [2.05, 4.69) is 0 Å². The fourth-order valence-electron chi connectivity index (χ4n) is 2.98. The monoisotopic (exact) mass is 285 g/mol. The van der Waals surface area contributed by atoms with Gasteiger partial charge in [0.15, 0.2) is 0 Å². The first-order valence-corrected chi connectivity index (χ1v) is 7.35. The van der Waals surface area contributed by atoms with Crippen LogP contribution >= 0.6 is 0 Å². The zero-order chi connectivity index (χ0) is 14.5. The number of nitrogens with zero attached hydrogens (tertiary/aromatic N) is 1. The summed E-state index contributed by atoms with van der Waals surface area (Å²) < 4.78 is 10.8. The molecule has 2 aliphatic rings. The van der Waals surface area contributed by atoms with Gasteiger partial charge in [-0.1, -0.05) is 0 Å². The lowest BCUT2D eigenvalue weighted by molar-refractivity contribution is -0.145. The molecule has 0 aromatic rings. The molecule has 3 atom stereocenters. The Morgan fingerprint density at radius 1 is 1.35 bits per heavy atom. The van der Waals surface area contributed by atoms with Crippen LogP contribution in [0.1, 0.15) is 32.6 Å². The van der Waals surface area contributed by atoms with E-state index in [0.29, 0.717) is 19.6 Å². The van der Waals surface area contributed by atoms with Crippen LogP contribution in [-0.2, 0) is 19.1 Å². The van der Waals surface area contributed by atoms with Gasteiger partial charge in [0.1, 0.15) is 5.92 Å². The van der Waals surface area contributed by atoms with E-state index in [0.717, 1.165) is 25.9 Å². The second-order valence-electron chi connectivity index (χ2n) is 5.40.